The van der Waals surface area contributed by atoms with Crippen molar-refractivity contribution in [2.75, 3.05) is 18.4 Å². The van der Waals surface area contributed by atoms with Gasteiger partial charge in [0.15, 0.2) is 0 Å². The maximum absolute atomic E-state index is 11.6. The molecular formula is C9H12N4O3S. The van der Waals surface area contributed by atoms with Crippen molar-refractivity contribution in [2.45, 2.75) is 13.3 Å². The van der Waals surface area contributed by atoms with Crippen LogP contribution in [-0.4, -0.2) is 45.3 Å². The topological polar surface area (TPSA) is 95.4 Å². The van der Waals surface area contributed by atoms with Crippen molar-refractivity contribution in [3.63, 3.8) is 0 Å². The number of rotatable bonds is 3. The summed E-state index contributed by atoms with van der Waals surface area (Å²) in [4.78, 5) is 23.6. The number of aromatic nitrogens is 2. The highest BCUT2D eigenvalue weighted by Gasteiger charge is 2.35. The number of aliphatic carboxylic acids is 1. The lowest BCUT2D eigenvalue weighted by atomic mass is 10.0. The van der Waals surface area contributed by atoms with Crippen molar-refractivity contribution in [1.82, 2.24) is 15.1 Å². The molecule has 0 radical (unpaired) electrons. The Morgan fingerprint density at radius 2 is 2.24 bits per heavy atom. The molecule has 0 atom stereocenters. The van der Waals surface area contributed by atoms with E-state index in [-0.39, 0.29) is 19.1 Å². The molecule has 2 rings (SSSR count). The highest BCUT2D eigenvalue weighted by Crippen LogP contribution is 2.19. The minimum atomic E-state index is -0.863. The number of amides is 2. The Labute approximate surface area is 101 Å². The van der Waals surface area contributed by atoms with Gasteiger partial charge in [-0.1, -0.05) is 18.3 Å². The van der Waals surface area contributed by atoms with Crippen LogP contribution in [0.5, 0.6) is 0 Å². The number of likely N-dealkylation sites (tertiary alicyclic amines) is 1. The lowest BCUT2D eigenvalue weighted by Crippen LogP contribution is -2.54. The Bertz CT molecular complexity index is 441. The fraction of sp³-hybridized carbons (Fsp3) is 0.556. The SMILES string of the molecule is CCc1nnc(NC(=O)N2CC(C(=O)O)C2)s1. The molecule has 1 aliphatic heterocycles. The van der Waals surface area contributed by atoms with Crippen LogP contribution in [0, 0.1) is 5.92 Å². The molecule has 2 heterocycles. The zero-order valence-electron chi connectivity index (χ0n) is 9.21. The van der Waals surface area contributed by atoms with Crippen molar-refractivity contribution < 1.29 is 14.7 Å². The van der Waals surface area contributed by atoms with Crippen molar-refractivity contribution in [1.29, 1.82) is 0 Å². The molecule has 0 unspecified atom stereocenters. The maximum Gasteiger partial charge on any atom is 0.323 e. The molecule has 0 aromatic carbocycles. The number of carbonyl (C=O) groups is 2. The van der Waals surface area contributed by atoms with Gasteiger partial charge in [0.1, 0.15) is 5.01 Å². The van der Waals surface area contributed by atoms with Gasteiger partial charge in [-0.15, -0.1) is 10.2 Å². The Morgan fingerprint density at radius 3 is 2.76 bits per heavy atom. The first-order valence-corrected chi connectivity index (χ1v) is 6.03. The van der Waals surface area contributed by atoms with Crippen molar-refractivity contribution >= 4 is 28.5 Å². The van der Waals surface area contributed by atoms with Crippen LogP contribution in [0.1, 0.15) is 11.9 Å². The monoisotopic (exact) mass is 256 g/mol. The van der Waals surface area contributed by atoms with E-state index in [0.29, 0.717) is 5.13 Å². The van der Waals surface area contributed by atoms with E-state index in [1.165, 1.54) is 16.2 Å². The summed E-state index contributed by atoms with van der Waals surface area (Å²) in [7, 11) is 0. The highest BCUT2D eigenvalue weighted by molar-refractivity contribution is 7.15. The number of nitrogens with zero attached hydrogens (tertiary/aromatic N) is 3. The fourth-order valence-corrected chi connectivity index (χ4v) is 2.09. The Morgan fingerprint density at radius 1 is 1.53 bits per heavy atom. The maximum atomic E-state index is 11.6. The number of carboxylic acid groups (broad SMARTS) is 1. The van der Waals surface area contributed by atoms with E-state index < -0.39 is 11.9 Å². The molecule has 2 N–H and O–H groups in total. The van der Waals surface area contributed by atoms with Gasteiger partial charge in [-0.2, -0.15) is 0 Å². The van der Waals surface area contributed by atoms with Crippen LogP contribution < -0.4 is 5.32 Å². The summed E-state index contributed by atoms with van der Waals surface area (Å²) >= 11 is 1.32. The van der Waals surface area contributed by atoms with Gasteiger partial charge in [-0.3, -0.25) is 10.1 Å². The molecule has 8 heteroatoms. The predicted molar refractivity (Wildman–Crippen MR) is 61.0 cm³/mol. The highest BCUT2D eigenvalue weighted by atomic mass is 32.1. The summed E-state index contributed by atoms with van der Waals surface area (Å²) in [6.45, 7) is 2.46. The summed E-state index contributed by atoms with van der Waals surface area (Å²) in [6, 6.07) is -0.318. The van der Waals surface area contributed by atoms with Crippen LogP contribution >= 0.6 is 11.3 Å². The quantitative estimate of drug-likeness (QED) is 0.827. The van der Waals surface area contributed by atoms with Gasteiger partial charge in [0.25, 0.3) is 0 Å². The van der Waals surface area contributed by atoms with Gasteiger partial charge in [-0.05, 0) is 6.42 Å². The molecule has 7 nitrogen and oxygen atoms in total. The first kappa shape index (κ1) is 11.8. The predicted octanol–water partition coefficient (Wildman–Crippen LogP) is 0.649. The average molecular weight is 256 g/mol. The van der Waals surface area contributed by atoms with Crippen molar-refractivity contribution in [3.05, 3.63) is 5.01 Å². The first-order valence-electron chi connectivity index (χ1n) is 5.21. The van der Waals surface area contributed by atoms with E-state index in [1.54, 1.807) is 0 Å². The molecular weight excluding hydrogens is 244 g/mol. The minimum Gasteiger partial charge on any atom is -0.481 e. The van der Waals surface area contributed by atoms with Crippen LogP contribution in [-0.2, 0) is 11.2 Å². The van der Waals surface area contributed by atoms with Gasteiger partial charge in [-0.25, -0.2) is 4.79 Å². The van der Waals surface area contributed by atoms with Gasteiger partial charge >= 0.3 is 12.0 Å². The Balaban J connectivity index is 1.84. The molecule has 2 amide bonds. The van der Waals surface area contributed by atoms with Crippen molar-refractivity contribution in [3.8, 4) is 0 Å². The van der Waals surface area contributed by atoms with E-state index in [9.17, 15) is 9.59 Å². The number of carboxylic acids is 1. The Kier molecular flexibility index (Phi) is 3.23. The standard InChI is InChI=1S/C9H12N4O3S/c1-2-6-11-12-8(17-6)10-9(16)13-3-5(4-13)7(14)15/h5H,2-4H2,1H3,(H,14,15)(H,10,12,16). The normalized spacial score (nSPS) is 15.5. The molecule has 1 aromatic heterocycles. The number of carbonyl (C=O) groups excluding carboxylic acids is 1. The van der Waals surface area contributed by atoms with E-state index >= 15 is 0 Å². The molecule has 92 valence electrons. The van der Waals surface area contributed by atoms with E-state index in [0.717, 1.165) is 11.4 Å². The number of hydrogen-bond donors (Lipinski definition) is 2. The minimum absolute atomic E-state index is 0.251. The first-order chi connectivity index (χ1) is 8.10. The van der Waals surface area contributed by atoms with Gasteiger partial charge < -0.3 is 10.0 Å². The largest absolute Gasteiger partial charge is 0.481 e. The third kappa shape index (κ3) is 2.52. The van der Waals surface area contributed by atoms with E-state index in [4.69, 9.17) is 5.11 Å². The number of anilines is 1. The third-order valence-electron chi connectivity index (χ3n) is 2.50. The Hall–Kier alpha value is -1.70. The molecule has 0 spiro atoms. The second kappa shape index (κ2) is 4.66. The molecule has 0 aliphatic carbocycles. The summed E-state index contributed by atoms with van der Waals surface area (Å²) in [6.07, 6.45) is 0.776. The summed E-state index contributed by atoms with van der Waals surface area (Å²) in [5.41, 5.74) is 0. The molecule has 17 heavy (non-hydrogen) atoms. The fourth-order valence-electron chi connectivity index (χ4n) is 1.42. The van der Waals surface area contributed by atoms with Gasteiger partial charge in [0, 0.05) is 13.1 Å². The van der Waals surface area contributed by atoms with Crippen LogP contribution in [0.25, 0.3) is 0 Å². The molecule has 1 saturated heterocycles. The molecule has 0 saturated carbocycles. The molecule has 1 fully saturated rings. The van der Waals surface area contributed by atoms with Crippen LogP contribution in [0.2, 0.25) is 0 Å². The zero-order valence-corrected chi connectivity index (χ0v) is 10.0. The number of hydrogen-bond acceptors (Lipinski definition) is 5. The van der Waals surface area contributed by atoms with Gasteiger partial charge in [0.2, 0.25) is 5.13 Å². The second-order valence-electron chi connectivity index (χ2n) is 3.72. The summed E-state index contributed by atoms with van der Waals surface area (Å²) in [5.74, 6) is -1.31. The van der Waals surface area contributed by atoms with Crippen LogP contribution in [0.4, 0.5) is 9.93 Å². The zero-order chi connectivity index (χ0) is 12.4. The summed E-state index contributed by atoms with van der Waals surface area (Å²) in [5, 5.41) is 20.3. The lowest BCUT2D eigenvalue weighted by molar-refractivity contribution is -0.145. The van der Waals surface area contributed by atoms with Crippen molar-refractivity contribution in [2.24, 2.45) is 5.92 Å². The number of nitrogens with one attached hydrogen (secondary N) is 1. The third-order valence-corrected chi connectivity index (χ3v) is 3.48. The van der Waals surface area contributed by atoms with Crippen LogP contribution in [0.15, 0.2) is 0 Å². The second-order valence-corrected chi connectivity index (χ2v) is 4.79. The van der Waals surface area contributed by atoms with E-state index in [2.05, 4.69) is 15.5 Å². The van der Waals surface area contributed by atoms with E-state index in [1.807, 2.05) is 6.92 Å². The van der Waals surface area contributed by atoms with Crippen LogP contribution in [0.3, 0.4) is 0 Å². The molecule has 1 aromatic rings. The van der Waals surface area contributed by atoms with Gasteiger partial charge in [0.05, 0.1) is 5.92 Å². The summed E-state index contributed by atoms with van der Waals surface area (Å²) < 4.78 is 0. The smallest absolute Gasteiger partial charge is 0.323 e. The molecule has 0 bridgehead atoms. The average Bonchev–Trinajstić information content (AvgIpc) is 2.62. The number of aryl methyl sites for hydroxylation is 1. The number of urea groups is 1. The molecule has 1 aliphatic rings. The lowest BCUT2D eigenvalue weighted by Gasteiger charge is -2.36.